The molecule has 4 N–H and O–H groups in total. The van der Waals surface area contributed by atoms with Gasteiger partial charge in [-0.2, -0.15) is 0 Å². The van der Waals surface area contributed by atoms with Gasteiger partial charge in [0.15, 0.2) is 0 Å². The van der Waals surface area contributed by atoms with Crippen LogP contribution in [-0.2, 0) is 4.79 Å². The van der Waals surface area contributed by atoms with Gasteiger partial charge in [-0.1, -0.05) is 0 Å². The Morgan fingerprint density at radius 3 is 2.38 bits per heavy atom. The van der Waals surface area contributed by atoms with Gasteiger partial charge in [0.25, 0.3) is 0 Å². The zero-order valence-corrected chi connectivity index (χ0v) is 8.21. The molecule has 0 radical (unpaired) electrons. The number of aliphatic imine (C=N–C) groups is 1. The lowest BCUT2D eigenvalue weighted by Gasteiger charge is -2.17. The normalized spacial score (nSPS) is 18.8. The molecule has 1 aliphatic carbocycles. The van der Waals surface area contributed by atoms with Gasteiger partial charge in [0.05, 0.1) is 17.8 Å². The van der Waals surface area contributed by atoms with Gasteiger partial charge in [-0.05, 0) is 26.7 Å². The number of hydrogen-bond donors (Lipinski definition) is 2. The highest BCUT2D eigenvalue weighted by Gasteiger charge is 2.28. The quantitative estimate of drug-likeness (QED) is 0.484. The Morgan fingerprint density at radius 1 is 1.46 bits per heavy atom. The van der Waals surface area contributed by atoms with Gasteiger partial charge >= 0.3 is 0 Å². The summed E-state index contributed by atoms with van der Waals surface area (Å²) in [4.78, 5) is 15.1. The third-order valence-corrected chi connectivity index (χ3v) is 2.32. The lowest BCUT2D eigenvalue weighted by Crippen LogP contribution is -2.35. The summed E-state index contributed by atoms with van der Waals surface area (Å²) in [5.41, 5.74) is 10.3. The molecule has 4 nitrogen and oxygen atoms in total. The number of amides is 1. The van der Waals surface area contributed by atoms with Crippen molar-refractivity contribution in [3.8, 4) is 0 Å². The Labute approximate surface area is 78.4 Å². The molecule has 1 fully saturated rings. The summed E-state index contributed by atoms with van der Waals surface area (Å²) in [5.74, 6) is 0.804. The fraction of sp³-hybridized carbons (Fsp3) is 0.778. The van der Waals surface area contributed by atoms with Gasteiger partial charge in [-0.3, -0.25) is 9.79 Å². The van der Waals surface area contributed by atoms with Crippen molar-refractivity contribution in [3.63, 3.8) is 0 Å². The molecule has 13 heavy (non-hydrogen) atoms. The lowest BCUT2D eigenvalue weighted by atomic mass is 9.93. The minimum atomic E-state index is -0.584. The predicted octanol–water partition coefficient (Wildman–Crippen LogP) is 0.265. The van der Waals surface area contributed by atoms with Gasteiger partial charge in [-0.15, -0.1) is 0 Å². The fourth-order valence-corrected chi connectivity index (χ4v) is 0.875. The van der Waals surface area contributed by atoms with Crippen molar-refractivity contribution in [2.45, 2.75) is 26.7 Å². The summed E-state index contributed by atoms with van der Waals surface area (Å²) in [6.45, 7) is 3.95. The number of carbonyl (C=O) groups excluding carboxylic acids is 1. The Bertz CT molecular complexity index is 241. The van der Waals surface area contributed by atoms with E-state index in [1.54, 1.807) is 13.8 Å². The zero-order chi connectivity index (χ0) is 10.1. The van der Waals surface area contributed by atoms with Crippen LogP contribution >= 0.6 is 0 Å². The number of rotatable bonds is 4. The fourth-order valence-electron chi connectivity index (χ4n) is 0.875. The van der Waals surface area contributed by atoms with Crippen LogP contribution in [0.25, 0.3) is 0 Å². The Morgan fingerprint density at radius 2 is 2.00 bits per heavy atom. The van der Waals surface area contributed by atoms with Crippen LogP contribution in [-0.4, -0.2) is 18.3 Å². The maximum Gasteiger partial charge on any atom is 0.224 e. The van der Waals surface area contributed by atoms with Crippen molar-refractivity contribution >= 4 is 11.7 Å². The summed E-state index contributed by atoms with van der Waals surface area (Å²) in [6.07, 6.45) is 2.26. The van der Waals surface area contributed by atoms with Gasteiger partial charge in [0, 0.05) is 5.92 Å². The van der Waals surface area contributed by atoms with Crippen molar-refractivity contribution in [2.24, 2.45) is 27.8 Å². The molecule has 74 valence electrons. The number of nitrogens with zero attached hydrogens (tertiary/aromatic N) is 1. The van der Waals surface area contributed by atoms with E-state index in [1.165, 1.54) is 0 Å². The first-order valence-corrected chi connectivity index (χ1v) is 4.53. The number of hydrogen-bond acceptors (Lipinski definition) is 2. The second-order valence-electron chi connectivity index (χ2n) is 4.26. The van der Waals surface area contributed by atoms with Gasteiger partial charge in [0.2, 0.25) is 5.91 Å². The largest absolute Gasteiger partial charge is 0.387 e. The van der Waals surface area contributed by atoms with E-state index in [1.807, 2.05) is 0 Å². The van der Waals surface area contributed by atoms with Crippen LogP contribution in [0.15, 0.2) is 4.99 Å². The van der Waals surface area contributed by atoms with Gasteiger partial charge in [0.1, 0.15) is 0 Å². The highest BCUT2D eigenvalue weighted by molar-refractivity contribution is 5.86. The first-order valence-electron chi connectivity index (χ1n) is 4.53. The predicted molar refractivity (Wildman–Crippen MR) is 52.2 cm³/mol. The minimum absolute atomic E-state index is 0.333. The minimum Gasteiger partial charge on any atom is -0.387 e. The molecule has 1 amide bonds. The lowest BCUT2D eigenvalue weighted by molar-refractivity contribution is -0.125. The van der Waals surface area contributed by atoms with Crippen LogP contribution in [0.5, 0.6) is 0 Å². The van der Waals surface area contributed by atoms with Crippen LogP contribution in [0.4, 0.5) is 0 Å². The van der Waals surface area contributed by atoms with E-state index >= 15 is 0 Å². The highest BCUT2D eigenvalue weighted by Crippen LogP contribution is 2.29. The molecular formula is C9H17N3O. The maximum absolute atomic E-state index is 10.9. The molecule has 1 rings (SSSR count). The molecule has 0 aromatic heterocycles. The molecule has 0 aromatic rings. The van der Waals surface area contributed by atoms with Crippen molar-refractivity contribution in [1.29, 1.82) is 0 Å². The monoisotopic (exact) mass is 183 g/mol. The molecule has 0 unspecified atom stereocenters. The average Bonchev–Trinajstić information content (AvgIpc) is 2.82. The van der Waals surface area contributed by atoms with Gasteiger partial charge in [-0.25, -0.2) is 0 Å². The van der Waals surface area contributed by atoms with Crippen LogP contribution in [0.3, 0.4) is 0 Å². The van der Waals surface area contributed by atoms with Crippen LogP contribution in [0.2, 0.25) is 0 Å². The third kappa shape index (κ3) is 2.72. The Kier molecular flexibility index (Phi) is 2.59. The van der Waals surface area contributed by atoms with E-state index in [0.29, 0.717) is 18.3 Å². The molecule has 4 heteroatoms. The van der Waals surface area contributed by atoms with E-state index in [-0.39, 0.29) is 5.91 Å². The highest BCUT2D eigenvalue weighted by atomic mass is 16.1. The number of carbonyl (C=O) groups is 1. The average molecular weight is 183 g/mol. The summed E-state index contributed by atoms with van der Waals surface area (Å²) in [7, 11) is 0. The second-order valence-corrected chi connectivity index (χ2v) is 4.26. The molecule has 0 spiro atoms. The Hall–Kier alpha value is -1.06. The molecule has 0 atom stereocenters. The Balaban J connectivity index is 2.48. The van der Waals surface area contributed by atoms with E-state index in [2.05, 4.69) is 4.99 Å². The van der Waals surface area contributed by atoms with Crippen molar-refractivity contribution in [3.05, 3.63) is 0 Å². The van der Waals surface area contributed by atoms with E-state index < -0.39 is 5.41 Å². The number of amidine groups is 1. The van der Waals surface area contributed by atoms with Gasteiger partial charge < -0.3 is 11.5 Å². The second kappa shape index (κ2) is 3.36. The molecule has 0 aliphatic heterocycles. The van der Waals surface area contributed by atoms with E-state index in [0.717, 1.165) is 12.8 Å². The maximum atomic E-state index is 10.9. The molecule has 0 heterocycles. The summed E-state index contributed by atoms with van der Waals surface area (Å²) in [6, 6.07) is 0. The van der Waals surface area contributed by atoms with Crippen molar-refractivity contribution in [1.82, 2.24) is 0 Å². The van der Waals surface area contributed by atoms with Crippen LogP contribution in [0.1, 0.15) is 26.7 Å². The third-order valence-electron chi connectivity index (χ3n) is 2.32. The standard InChI is InChI=1S/C9H17N3O/c1-9(2,8(11)13)5-12-7(10)6-3-4-6/h6H,3-5H2,1-2H3,(H2,10,12)(H2,11,13). The first kappa shape index (κ1) is 10.0. The van der Waals surface area contributed by atoms with Crippen LogP contribution < -0.4 is 11.5 Å². The summed E-state index contributed by atoms with van der Waals surface area (Å²) < 4.78 is 0. The summed E-state index contributed by atoms with van der Waals surface area (Å²) >= 11 is 0. The van der Waals surface area contributed by atoms with Crippen LogP contribution in [0, 0.1) is 11.3 Å². The number of nitrogens with two attached hydrogens (primary N) is 2. The molecular weight excluding hydrogens is 166 g/mol. The number of primary amides is 1. The van der Waals surface area contributed by atoms with Crippen molar-refractivity contribution < 1.29 is 4.79 Å². The first-order chi connectivity index (χ1) is 5.93. The molecule has 0 bridgehead atoms. The zero-order valence-electron chi connectivity index (χ0n) is 8.21. The smallest absolute Gasteiger partial charge is 0.224 e. The van der Waals surface area contributed by atoms with E-state index in [4.69, 9.17) is 11.5 Å². The molecule has 0 aromatic carbocycles. The molecule has 1 saturated carbocycles. The summed E-state index contributed by atoms with van der Waals surface area (Å²) in [5, 5.41) is 0. The molecule has 1 aliphatic rings. The SMILES string of the molecule is CC(C)(CN=C(N)C1CC1)C(N)=O. The topological polar surface area (TPSA) is 81.5 Å². The van der Waals surface area contributed by atoms with E-state index in [9.17, 15) is 4.79 Å². The molecule has 0 saturated heterocycles. The van der Waals surface area contributed by atoms with Crippen molar-refractivity contribution in [2.75, 3.05) is 6.54 Å².